The molecule has 0 aliphatic carbocycles. The fourth-order valence-electron chi connectivity index (χ4n) is 3.88. The summed E-state index contributed by atoms with van der Waals surface area (Å²) < 4.78 is 20.9. The molecule has 0 saturated heterocycles. The van der Waals surface area contributed by atoms with Gasteiger partial charge in [-0.2, -0.15) is 5.10 Å². The number of aromatic nitrogens is 3. The highest BCUT2D eigenvalue weighted by Gasteiger charge is 2.18. The largest absolute Gasteiger partial charge is 0.494 e. The molecule has 2 heterocycles. The number of anilines is 1. The van der Waals surface area contributed by atoms with Crippen molar-refractivity contribution in [3.05, 3.63) is 84.8 Å². The summed E-state index contributed by atoms with van der Waals surface area (Å²) in [7, 11) is 0. The maximum atomic E-state index is 13.5. The molecule has 33 heavy (non-hydrogen) atoms. The van der Waals surface area contributed by atoms with Gasteiger partial charge in [0, 0.05) is 28.2 Å². The lowest BCUT2D eigenvalue weighted by Gasteiger charge is -2.09. The Labute approximate surface area is 189 Å². The van der Waals surface area contributed by atoms with Crippen molar-refractivity contribution in [1.29, 1.82) is 0 Å². The first kappa shape index (κ1) is 20.6. The number of para-hydroxylation sites is 1. The van der Waals surface area contributed by atoms with Crippen molar-refractivity contribution >= 4 is 33.4 Å². The molecule has 0 radical (unpaired) electrons. The third kappa shape index (κ3) is 4.13. The number of carbonyl (C=O) groups is 1. The van der Waals surface area contributed by atoms with Gasteiger partial charge in [-0.3, -0.25) is 14.5 Å². The van der Waals surface area contributed by atoms with Gasteiger partial charge in [-0.15, -0.1) is 0 Å². The standard InChI is InChI=1S/C26H21FN4O2/c1-2-33-20-12-13-23-21(14-20)26-22(15-28-23)25(17-8-10-18(27)11-9-17)30-31(26)16-24(32)29-19-6-4-3-5-7-19/h3-15H,2,16H2,1H3,(H,29,32). The van der Waals surface area contributed by atoms with Gasteiger partial charge in [0.25, 0.3) is 0 Å². The second kappa shape index (κ2) is 8.70. The molecule has 164 valence electrons. The SMILES string of the molecule is CCOc1ccc2ncc3c(-c4ccc(F)cc4)nn(CC(=O)Nc4ccccc4)c3c2c1. The molecule has 0 aliphatic rings. The fraction of sp³-hybridized carbons (Fsp3) is 0.115. The molecular weight excluding hydrogens is 419 g/mol. The zero-order valence-corrected chi connectivity index (χ0v) is 18.0. The highest BCUT2D eigenvalue weighted by atomic mass is 19.1. The van der Waals surface area contributed by atoms with Crippen LogP contribution in [0.2, 0.25) is 0 Å². The van der Waals surface area contributed by atoms with Crippen molar-refractivity contribution < 1.29 is 13.9 Å². The number of pyridine rings is 1. The van der Waals surface area contributed by atoms with E-state index in [0.717, 1.165) is 27.4 Å². The van der Waals surface area contributed by atoms with E-state index in [-0.39, 0.29) is 18.3 Å². The van der Waals surface area contributed by atoms with E-state index >= 15 is 0 Å². The van der Waals surface area contributed by atoms with Crippen LogP contribution >= 0.6 is 0 Å². The molecule has 0 fully saturated rings. The van der Waals surface area contributed by atoms with Crippen LogP contribution in [-0.2, 0) is 11.3 Å². The van der Waals surface area contributed by atoms with Crippen LogP contribution in [0.5, 0.6) is 5.75 Å². The smallest absolute Gasteiger partial charge is 0.246 e. The summed E-state index contributed by atoms with van der Waals surface area (Å²) in [6.07, 6.45) is 1.75. The van der Waals surface area contributed by atoms with Crippen molar-refractivity contribution in [2.75, 3.05) is 11.9 Å². The van der Waals surface area contributed by atoms with Crippen LogP contribution in [0.15, 0.2) is 79.0 Å². The number of amides is 1. The molecule has 1 amide bonds. The number of nitrogens with one attached hydrogen (secondary N) is 1. The number of carbonyl (C=O) groups excluding carboxylic acids is 1. The molecule has 7 heteroatoms. The van der Waals surface area contributed by atoms with Gasteiger partial charge in [0.15, 0.2) is 0 Å². The molecule has 5 rings (SSSR count). The fourth-order valence-corrected chi connectivity index (χ4v) is 3.88. The summed E-state index contributed by atoms with van der Waals surface area (Å²) in [5.74, 6) is 0.181. The minimum absolute atomic E-state index is 0.00453. The predicted octanol–water partition coefficient (Wildman–Crippen LogP) is 5.43. The van der Waals surface area contributed by atoms with Crippen molar-refractivity contribution in [3.63, 3.8) is 0 Å². The Morgan fingerprint density at radius 3 is 2.58 bits per heavy atom. The average molecular weight is 440 g/mol. The maximum Gasteiger partial charge on any atom is 0.246 e. The van der Waals surface area contributed by atoms with Gasteiger partial charge >= 0.3 is 0 Å². The zero-order chi connectivity index (χ0) is 22.8. The number of ether oxygens (including phenoxy) is 1. The van der Waals surface area contributed by atoms with Crippen LogP contribution in [0, 0.1) is 5.82 Å². The summed E-state index contributed by atoms with van der Waals surface area (Å²) in [6, 6.07) is 21.1. The minimum Gasteiger partial charge on any atom is -0.494 e. The molecule has 0 saturated carbocycles. The van der Waals surface area contributed by atoms with Gasteiger partial charge in [-0.1, -0.05) is 18.2 Å². The zero-order valence-electron chi connectivity index (χ0n) is 18.0. The Bertz CT molecular complexity index is 1450. The maximum absolute atomic E-state index is 13.5. The molecule has 1 N–H and O–H groups in total. The number of fused-ring (bicyclic) bond motifs is 3. The van der Waals surface area contributed by atoms with Crippen LogP contribution < -0.4 is 10.1 Å². The predicted molar refractivity (Wildman–Crippen MR) is 127 cm³/mol. The second-order valence-electron chi connectivity index (χ2n) is 7.56. The molecule has 0 atom stereocenters. The van der Waals surface area contributed by atoms with Gasteiger partial charge in [0.2, 0.25) is 5.91 Å². The monoisotopic (exact) mass is 440 g/mol. The topological polar surface area (TPSA) is 69.0 Å². The van der Waals surface area contributed by atoms with E-state index in [9.17, 15) is 9.18 Å². The highest BCUT2D eigenvalue weighted by molar-refractivity contribution is 6.09. The Balaban J connectivity index is 1.65. The van der Waals surface area contributed by atoms with Gasteiger partial charge < -0.3 is 10.1 Å². The molecule has 0 bridgehead atoms. The molecule has 3 aromatic carbocycles. The van der Waals surface area contributed by atoms with E-state index in [0.29, 0.717) is 23.7 Å². The van der Waals surface area contributed by atoms with E-state index in [1.54, 1.807) is 23.0 Å². The second-order valence-corrected chi connectivity index (χ2v) is 7.56. The summed E-state index contributed by atoms with van der Waals surface area (Å²) in [6.45, 7) is 2.47. The first-order valence-corrected chi connectivity index (χ1v) is 10.7. The van der Waals surface area contributed by atoms with Crippen LogP contribution in [0.4, 0.5) is 10.1 Å². The van der Waals surface area contributed by atoms with Gasteiger partial charge in [0.1, 0.15) is 23.8 Å². The third-order valence-corrected chi connectivity index (χ3v) is 5.32. The quantitative estimate of drug-likeness (QED) is 0.382. The number of nitrogens with zero attached hydrogens (tertiary/aromatic N) is 3. The Morgan fingerprint density at radius 2 is 1.82 bits per heavy atom. The van der Waals surface area contributed by atoms with Crippen molar-refractivity contribution in [1.82, 2.24) is 14.8 Å². The number of halogens is 1. The van der Waals surface area contributed by atoms with Crippen molar-refractivity contribution in [2.24, 2.45) is 0 Å². The normalized spacial score (nSPS) is 11.1. The van der Waals surface area contributed by atoms with Gasteiger partial charge in [-0.05, 0) is 61.5 Å². The number of hydrogen-bond donors (Lipinski definition) is 1. The summed E-state index contributed by atoms with van der Waals surface area (Å²) in [4.78, 5) is 17.5. The molecule has 0 aliphatic heterocycles. The van der Waals surface area contributed by atoms with E-state index in [2.05, 4.69) is 10.3 Å². The van der Waals surface area contributed by atoms with Crippen LogP contribution in [-0.4, -0.2) is 27.3 Å². The van der Waals surface area contributed by atoms with E-state index < -0.39 is 0 Å². The van der Waals surface area contributed by atoms with Crippen molar-refractivity contribution in [2.45, 2.75) is 13.5 Å². The third-order valence-electron chi connectivity index (χ3n) is 5.32. The van der Waals surface area contributed by atoms with Crippen LogP contribution in [0.25, 0.3) is 33.1 Å². The summed E-state index contributed by atoms with van der Waals surface area (Å²) in [5.41, 5.74) is 3.62. The Morgan fingerprint density at radius 1 is 1.03 bits per heavy atom. The van der Waals surface area contributed by atoms with Gasteiger partial charge in [-0.25, -0.2) is 4.39 Å². The molecule has 5 aromatic rings. The van der Waals surface area contributed by atoms with E-state index in [4.69, 9.17) is 9.84 Å². The molecule has 6 nitrogen and oxygen atoms in total. The molecule has 0 spiro atoms. The Hall–Kier alpha value is -4.26. The Kier molecular flexibility index (Phi) is 5.44. The van der Waals surface area contributed by atoms with Gasteiger partial charge in [0.05, 0.1) is 17.6 Å². The minimum atomic E-state index is -0.324. The van der Waals surface area contributed by atoms with E-state index in [1.165, 1.54) is 12.1 Å². The highest BCUT2D eigenvalue weighted by Crippen LogP contribution is 2.33. The van der Waals surface area contributed by atoms with Crippen LogP contribution in [0.3, 0.4) is 0 Å². The molecular formula is C26H21FN4O2. The van der Waals surface area contributed by atoms with E-state index in [1.807, 2.05) is 55.5 Å². The lowest BCUT2D eigenvalue weighted by molar-refractivity contribution is -0.116. The number of hydrogen-bond acceptors (Lipinski definition) is 4. The first-order valence-electron chi connectivity index (χ1n) is 10.7. The lowest BCUT2D eigenvalue weighted by Crippen LogP contribution is -2.19. The average Bonchev–Trinajstić information content (AvgIpc) is 3.19. The number of benzene rings is 3. The molecule has 0 unspecified atom stereocenters. The first-order chi connectivity index (χ1) is 16.1. The summed E-state index contributed by atoms with van der Waals surface area (Å²) in [5, 5.41) is 9.25. The van der Waals surface area contributed by atoms with Crippen LogP contribution in [0.1, 0.15) is 6.92 Å². The van der Waals surface area contributed by atoms with Crippen molar-refractivity contribution in [3.8, 4) is 17.0 Å². The summed E-state index contributed by atoms with van der Waals surface area (Å²) >= 11 is 0. The molecule has 2 aromatic heterocycles. The lowest BCUT2D eigenvalue weighted by atomic mass is 10.1. The number of rotatable bonds is 6.